The van der Waals surface area contributed by atoms with E-state index in [1.54, 1.807) is 16.9 Å². The summed E-state index contributed by atoms with van der Waals surface area (Å²) in [5.41, 5.74) is 7.67. The minimum absolute atomic E-state index is 0.108. The topological polar surface area (TPSA) is 72.9 Å². The van der Waals surface area contributed by atoms with Crippen molar-refractivity contribution in [1.29, 1.82) is 0 Å². The summed E-state index contributed by atoms with van der Waals surface area (Å²) in [5.74, 6) is 0.478. The van der Waals surface area contributed by atoms with E-state index < -0.39 is 0 Å². The van der Waals surface area contributed by atoms with Crippen molar-refractivity contribution in [2.24, 2.45) is 5.92 Å². The van der Waals surface area contributed by atoms with E-state index >= 15 is 0 Å². The van der Waals surface area contributed by atoms with Gasteiger partial charge in [0.25, 0.3) is 5.91 Å². The molecule has 1 aliphatic rings. The lowest BCUT2D eigenvalue weighted by atomic mass is 10.3. The first-order valence-corrected chi connectivity index (χ1v) is 6.36. The van der Waals surface area contributed by atoms with Gasteiger partial charge in [-0.05, 0) is 42.7 Å². The predicted octanol–water partition coefficient (Wildman–Crippen LogP) is 1.59. The second kappa shape index (κ2) is 4.42. The summed E-state index contributed by atoms with van der Waals surface area (Å²) in [4.78, 5) is 11.9. The molecule has 1 heterocycles. The lowest BCUT2D eigenvalue weighted by molar-refractivity contribution is 0.0944. The SMILES string of the molecule is CC1CC1NC(=O)c1ccn(-c2ccc(N)cc2)n1. The number of carbonyl (C=O) groups excluding carboxylic acids is 1. The summed E-state index contributed by atoms with van der Waals surface area (Å²) in [6.07, 6.45) is 2.83. The number of rotatable bonds is 3. The van der Waals surface area contributed by atoms with Crippen molar-refractivity contribution in [3.8, 4) is 5.69 Å². The number of nitrogens with zero attached hydrogens (tertiary/aromatic N) is 2. The normalized spacial score (nSPS) is 21.1. The van der Waals surface area contributed by atoms with Crippen molar-refractivity contribution < 1.29 is 4.79 Å². The van der Waals surface area contributed by atoms with Gasteiger partial charge in [0.15, 0.2) is 5.69 Å². The van der Waals surface area contributed by atoms with Gasteiger partial charge in [-0.1, -0.05) is 6.92 Å². The lowest BCUT2D eigenvalue weighted by Crippen LogP contribution is -2.27. The Morgan fingerprint density at radius 2 is 2.05 bits per heavy atom. The number of amides is 1. The average Bonchev–Trinajstić information content (AvgIpc) is 2.92. The van der Waals surface area contributed by atoms with E-state index in [9.17, 15) is 4.79 Å². The minimum atomic E-state index is -0.108. The Balaban J connectivity index is 1.75. The van der Waals surface area contributed by atoms with Crippen LogP contribution in [0.5, 0.6) is 0 Å². The average molecular weight is 256 g/mol. The molecule has 1 saturated carbocycles. The van der Waals surface area contributed by atoms with Crippen molar-refractivity contribution in [2.45, 2.75) is 19.4 Å². The Hall–Kier alpha value is -2.30. The molecule has 2 atom stereocenters. The zero-order chi connectivity index (χ0) is 13.4. The first-order valence-electron chi connectivity index (χ1n) is 6.36. The molecule has 3 N–H and O–H groups in total. The number of nitrogens with one attached hydrogen (secondary N) is 1. The van der Waals surface area contributed by atoms with Gasteiger partial charge in [-0.25, -0.2) is 4.68 Å². The van der Waals surface area contributed by atoms with Crippen molar-refractivity contribution >= 4 is 11.6 Å². The van der Waals surface area contributed by atoms with E-state index in [1.807, 2.05) is 24.3 Å². The molecule has 0 aliphatic heterocycles. The maximum Gasteiger partial charge on any atom is 0.272 e. The van der Waals surface area contributed by atoms with Crippen LogP contribution in [-0.2, 0) is 0 Å². The van der Waals surface area contributed by atoms with Gasteiger partial charge in [0.1, 0.15) is 0 Å². The molecule has 0 spiro atoms. The maximum atomic E-state index is 11.9. The van der Waals surface area contributed by atoms with Crippen LogP contribution in [0, 0.1) is 5.92 Å². The van der Waals surface area contributed by atoms with Crippen LogP contribution >= 0.6 is 0 Å². The first-order chi connectivity index (χ1) is 9.13. The Bertz CT molecular complexity index is 602. The third kappa shape index (κ3) is 2.45. The zero-order valence-corrected chi connectivity index (χ0v) is 10.7. The molecule has 1 aliphatic carbocycles. The van der Waals surface area contributed by atoms with Gasteiger partial charge in [0.2, 0.25) is 0 Å². The molecule has 0 saturated heterocycles. The Labute approximate surface area is 111 Å². The minimum Gasteiger partial charge on any atom is -0.399 e. The van der Waals surface area contributed by atoms with E-state index in [0.29, 0.717) is 23.3 Å². The summed E-state index contributed by atoms with van der Waals surface area (Å²) >= 11 is 0. The van der Waals surface area contributed by atoms with Crippen LogP contribution in [0.2, 0.25) is 0 Å². The number of aromatic nitrogens is 2. The fraction of sp³-hybridized carbons (Fsp3) is 0.286. The second-order valence-electron chi connectivity index (χ2n) is 5.03. The van der Waals surface area contributed by atoms with Crippen LogP contribution in [0.3, 0.4) is 0 Å². The highest BCUT2D eigenvalue weighted by atomic mass is 16.2. The van der Waals surface area contributed by atoms with Crippen LogP contribution in [0.25, 0.3) is 5.69 Å². The van der Waals surface area contributed by atoms with Gasteiger partial charge in [0.05, 0.1) is 5.69 Å². The summed E-state index contributed by atoms with van der Waals surface area (Å²) < 4.78 is 1.67. The van der Waals surface area contributed by atoms with Gasteiger partial charge in [-0.15, -0.1) is 0 Å². The molecule has 98 valence electrons. The van der Waals surface area contributed by atoms with Crippen LogP contribution in [0.15, 0.2) is 36.5 Å². The van der Waals surface area contributed by atoms with Gasteiger partial charge in [-0.2, -0.15) is 5.10 Å². The molecule has 1 aromatic carbocycles. The highest BCUT2D eigenvalue weighted by Gasteiger charge is 2.34. The molecule has 1 aromatic heterocycles. The number of carbonyl (C=O) groups is 1. The highest BCUT2D eigenvalue weighted by Crippen LogP contribution is 2.29. The molecule has 0 bridgehead atoms. The summed E-state index contributed by atoms with van der Waals surface area (Å²) in [5, 5.41) is 7.24. The Kier molecular flexibility index (Phi) is 2.74. The number of benzene rings is 1. The fourth-order valence-electron chi connectivity index (χ4n) is 1.98. The molecule has 19 heavy (non-hydrogen) atoms. The van der Waals surface area contributed by atoms with E-state index in [4.69, 9.17) is 5.73 Å². The number of hydrogen-bond donors (Lipinski definition) is 2. The van der Waals surface area contributed by atoms with Crippen LogP contribution in [0.1, 0.15) is 23.8 Å². The first kappa shape index (κ1) is 11.8. The van der Waals surface area contributed by atoms with E-state index in [0.717, 1.165) is 12.1 Å². The third-order valence-corrected chi connectivity index (χ3v) is 3.41. The highest BCUT2D eigenvalue weighted by molar-refractivity contribution is 5.92. The summed E-state index contributed by atoms with van der Waals surface area (Å²) in [6.45, 7) is 2.12. The molecule has 2 unspecified atom stereocenters. The number of anilines is 1. The second-order valence-corrected chi connectivity index (χ2v) is 5.03. The number of nitrogens with two attached hydrogens (primary N) is 1. The molecule has 3 rings (SSSR count). The van der Waals surface area contributed by atoms with Crippen molar-refractivity contribution in [2.75, 3.05) is 5.73 Å². The van der Waals surface area contributed by atoms with E-state index in [-0.39, 0.29) is 5.91 Å². The van der Waals surface area contributed by atoms with Crippen LogP contribution in [-0.4, -0.2) is 21.7 Å². The molecule has 0 radical (unpaired) electrons. The van der Waals surface area contributed by atoms with Crippen LogP contribution in [0.4, 0.5) is 5.69 Å². The van der Waals surface area contributed by atoms with Gasteiger partial charge >= 0.3 is 0 Å². The molecule has 1 fully saturated rings. The smallest absolute Gasteiger partial charge is 0.272 e. The lowest BCUT2D eigenvalue weighted by Gasteiger charge is -2.02. The Morgan fingerprint density at radius 1 is 1.37 bits per heavy atom. The van der Waals surface area contributed by atoms with E-state index in [1.165, 1.54) is 0 Å². The van der Waals surface area contributed by atoms with E-state index in [2.05, 4.69) is 17.3 Å². The summed E-state index contributed by atoms with van der Waals surface area (Å²) in [7, 11) is 0. The zero-order valence-electron chi connectivity index (χ0n) is 10.7. The molecule has 2 aromatic rings. The standard InChI is InChI=1S/C14H16N4O/c1-9-8-13(9)16-14(19)12-6-7-18(17-12)11-4-2-10(15)3-5-11/h2-7,9,13H,8,15H2,1H3,(H,16,19). The van der Waals surface area contributed by atoms with Crippen molar-refractivity contribution in [3.05, 3.63) is 42.2 Å². The van der Waals surface area contributed by atoms with Gasteiger partial charge in [-0.3, -0.25) is 4.79 Å². The van der Waals surface area contributed by atoms with Crippen molar-refractivity contribution in [3.63, 3.8) is 0 Å². The van der Waals surface area contributed by atoms with Gasteiger partial charge < -0.3 is 11.1 Å². The molecule has 5 heteroatoms. The molecule has 1 amide bonds. The quantitative estimate of drug-likeness (QED) is 0.819. The fourth-order valence-corrected chi connectivity index (χ4v) is 1.98. The largest absolute Gasteiger partial charge is 0.399 e. The summed E-state index contributed by atoms with van der Waals surface area (Å²) in [6, 6.07) is 9.39. The van der Waals surface area contributed by atoms with Crippen molar-refractivity contribution in [1.82, 2.24) is 15.1 Å². The monoisotopic (exact) mass is 256 g/mol. The third-order valence-electron chi connectivity index (χ3n) is 3.41. The molecular weight excluding hydrogens is 240 g/mol. The predicted molar refractivity (Wildman–Crippen MR) is 73.0 cm³/mol. The maximum absolute atomic E-state index is 11.9. The molecular formula is C14H16N4O. The molecule has 5 nitrogen and oxygen atoms in total. The van der Waals surface area contributed by atoms with Gasteiger partial charge in [0, 0.05) is 17.9 Å². The van der Waals surface area contributed by atoms with Crippen LogP contribution < -0.4 is 11.1 Å². The number of hydrogen-bond acceptors (Lipinski definition) is 3. The Morgan fingerprint density at radius 3 is 2.68 bits per heavy atom. The number of nitrogen functional groups attached to an aromatic ring is 1.